The van der Waals surface area contributed by atoms with E-state index in [2.05, 4.69) is 196 Å². The van der Waals surface area contributed by atoms with Gasteiger partial charge in [0, 0.05) is 0 Å². The van der Waals surface area contributed by atoms with Gasteiger partial charge in [0.05, 0.1) is 0 Å². The Bertz CT molecular complexity index is 2780. The van der Waals surface area contributed by atoms with Crippen LogP contribution in [0.1, 0.15) is 131 Å². The molecule has 68 heavy (non-hydrogen) atoms. The fourth-order valence-corrected chi connectivity index (χ4v) is 10.8. The summed E-state index contributed by atoms with van der Waals surface area (Å²) >= 11 is 13.3. The quantitative estimate of drug-likeness (QED) is 0.151. The molecular weight excluding hydrogens is 990 g/mol. The Morgan fingerprint density at radius 2 is 0.941 bits per heavy atom. The van der Waals surface area contributed by atoms with Crippen LogP contribution in [0.2, 0.25) is 10.0 Å². The molecule has 7 aromatic carbocycles. The second kappa shape index (κ2) is 22.8. The van der Waals surface area contributed by atoms with Crippen molar-refractivity contribution in [3.63, 3.8) is 0 Å². The summed E-state index contributed by atoms with van der Waals surface area (Å²) in [6.07, 6.45) is 9.00. The monoisotopic (exact) mass is 1060 g/mol. The maximum atomic E-state index is 5.98. The van der Waals surface area contributed by atoms with Crippen molar-refractivity contribution in [1.82, 2.24) is 0 Å². The molecular formula is C63H70Cl4Zr-2. The number of benzene rings is 6. The van der Waals surface area contributed by atoms with Crippen molar-refractivity contribution in [2.24, 2.45) is 11.3 Å². The van der Waals surface area contributed by atoms with Crippen LogP contribution in [0.5, 0.6) is 0 Å². The van der Waals surface area contributed by atoms with E-state index in [9.17, 15) is 0 Å². The van der Waals surface area contributed by atoms with Crippen molar-refractivity contribution in [3.05, 3.63) is 193 Å². The molecule has 0 radical (unpaired) electrons. The predicted octanol–water partition coefficient (Wildman–Crippen LogP) is 13.0. The van der Waals surface area contributed by atoms with Crippen molar-refractivity contribution in [1.29, 1.82) is 0 Å². The van der Waals surface area contributed by atoms with Crippen molar-refractivity contribution in [3.8, 4) is 22.3 Å². The van der Waals surface area contributed by atoms with E-state index in [-0.39, 0.29) is 35.6 Å². The molecule has 0 spiro atoms. The first-order valence-electron chi connectivity index (χ1n) is 23.6. The first kappa shape index (κ1) is 57.2. The molecule has 8 rings (SSSR count). The topological polar surface area (TPSA) is 0 Å². The Morgan fingerprint density at radius 1 is 0.559 bits per heavy atom. The number of aryl methyl sites for hydroxylation is 6. The molecule has 0 N–H and O–H groups in total. The normalized spacial score (nSPS) is 13.5. The summed E-state index contributed by atoms with van der Waals surface area (Å²) in [4.78, 5) is 0. The molecule has 1 aliphatic carbocycles. The van der Waals surface area contributed by atoms with E-state index in [1.165, 1.54) is 128 Å². The second-order valence-electron chi connectivity index (χ2n) is 21.8. The molecule has 0 aromatic heterocycles. The number of hydrogen-bond donors (Lipinski definition) is 0. The third kappa shape index (κ3) is 13.3. The van der Waals surface area contributed by atoms with E-state index >= 15 is 0 Å². The number of hydrogen-bond acceptors (Lipinski definition) is 0. The zero-order chi connectivity index (χ0) is 48.6. The van der Waals surface area contributed by atoms with Crippen molar-refractivity contribution in [2.75, 3.05) is 0 Å². The number of fused-ring (bicyclic) bond motifs is 3. The van der Waals surface area contributed by atoms with Gasteiger partial charge in [-0.1, -0.05) is 135 Å². The second-order valence-corrected chi connectivity index (χ2v) is 23.9. The summed E-state index contributed by atoms with van der Waals surface area (Å²) in [5, 5.41) is 6.94. The third-order valence-corrected chi connectivity index (χ3v) is 14.7. The molecule has 0 bridgehead atoms. The summed E-state index contributed by atoms with van der Waals surface area (Å²) in [5.41, 5.74) is 20.6. The number of rotatable bonds is 5. The molecule has 356 valence electrons. The maximum absolute atomic E-state index is 5.98. The molecule has 1 aliphatic rings. The van der Waals surface area contributed by atoms with E-state index in [0.29, 0.717) is 11.3 Å². The van der Waals surface area contributed by atoms with E-state index < -0.39 is 0 Å². The molecule has 7 aromatic rings. The van der Waals surface area contributed by atoms with Crippen molar-refractivity contribution in [2.45, 2.75) is 128 Å². The van der Waals surface area contributed by atoms with Gasteiger partial charge in [0.25, 0.3) is 0 Å². The zero-order valence-electron chi connectivity index (χ0n) is 43.3. The van der Waals surface area contributed by atoms with Gasteiger partial charge in [-0.3, -0.25) is 6.08 Å². The zero-order valence-corrected chi connectivity index (χ0v) is 48.7. The fourth-order valence-electron chi connectivity index (χ4n) is 9.64. The Morgan fingerprint density at radius 3 is 1.24 bits per heavy atom. The minimum atomic E-state index is 0. The van der Waals surface area contributed by atoms with Crippen LogP contribution >= 0.6 is 23.2 Å². The van der Waals surface area contributed by atoms with Gasteiger partial charge < -0.3 is 24.8 Å². The molecule has 0 heterocycles. The number of halogens is 4. The average Bonchev–Trinajstić information content (AvgIpc) is 3.84. The Kier molecular flexibility index (Phi) is 19.1. The summed E-state index contributed by atoms with van der Waals surface area (Å²) in [6.45, 7) is 36.5. The molecule has 1 atom stereocenters. The fraction of sp³-hybridized carbons (Fsp3) is 0.333. The molecule has 0 saturated heterocycles. The van der Waals surface area contributed by atoms with Gasteiger partial charge in [0.1, 0.15) is 0 Å². The standard InChI is InChI=1S/C39H45.C13H8Cl2.C11H17.2ClH.Zr/c1-22-13-24(3)36(25(4)14-22)32-18-28-17-29-19-33(37-26(5)15-23(2)16-27(37)6)35(39(10,11)12)21-31(29)30(28)20-34(32)38(7,8)9;14-12-5-1-3-10(8-12)7-11-4-2-6-13(15)9-11;1-5-9-6-7-10(8-9)11(2,3)4;;;/h13-21H,1-12H3;1-6,8-9H;7-9H,5H2,1-4H3;2*1H;/q-1;;-1;;;+2/p-2. The van der Waals surface area contributed by atoms with E-state index in [1.807, 2.05) is 36.4 Å². The Hall–Kier alpha value is -3.42. The average molecular weight is 1060 g/mol. The molecule has 0 saturated carbocycles. The smallest absolute Gasteiger partial charge is 1.00 e. The van der Waals surface area contributed by atoms with Crippen molar-refractivity contribution < 1.29 is 49.0 Å². The van der Waals surface area contributed by atoms with E-state index in [0.717, 1.165) is 21.2 Å². The third-order valence-electron chi connectivity index (χ3n) is 12.9. The van der Waals surface area contributed by atoms with Crippen LogP contribution in [-0.4, -0.2) is 3.21 Å². The Balaban J connectivity index is 0.000000284. The minimum absolute atomic E-state index is 0. The summed E-state index contributed by atoms with van der Waals surface area (Å²) < 4.78 is 1.26. The molecule has 0 nitrogen and oxygen atoms in total. The Labute approximate surface area is 447 Å². The predicted molar refractivity (Wildman–Crippen MR) is 289 cm³/mol. The van der Waals surface area contributed by atoms with Gasteiger partial charge in [-0.2, -0.15) is 11.6 Å². The molecule has 0 aliphatic heterocycles. The van der Waals surface area contributed by atoms with Crippen LogP contribution < -0.4 is 24.8 Å². The molecule has 0 fully saturated rings. The van der Waals surface area contributed by atoms with Crippen LogP contribution in [0.25, 0.3) is 43.8 Å². The van der Waals surface area contributed by atoms with Gasteiger partial charge in [-0.05, 0) is 108 Å². The summed E-state index contributed by atoms with van der Waals surface area (Å²) in [5.74, 6) is 0.573. The summed E-state index contributed by atoms with van der Waals surface area (Å²) in [6, 6.07) is 37.5. The molecule has 0 amide bonds. The van der Waals surface area contributed by atoms with E-state index in [4.69, 9.17) is 23.2 Å². The van der Waals surface area contributed by atoms with E-state index in [1.54, 1.807) is 0 Å². The van der Waals surface area contributed by atoms with Gasteiger partial charge in [0.15, 0.2) is 0 Å². The maximum Gasteiger partial charge on any atom is -1.00 e. The molecule has 1 unspecified atom stereocenters. The first-order chi connectivity index (χ1) is 30.8. The van der Waals surface area contributed by atoms with Crippen LogP contribution in [-0.2, 0) is 35.1 Å². The minimum Gasteiger partial charge on any atom is -1.00 e. The van der Waals surface area contributed by atoms with Gasteiger partial charge in [0.2, 0.25) is 0 Å². The number of allylic oxidation sites excluding steroid dienone is 4. The molecule has 5 heteroatoms. The van der Waals surface area contributed by atoms with Crippen molar-refractivity contribution >= 4 is 48.0 Å². The van der Waals surface area contributed by atoms with Gasteiger partial charge in [-0.15, -0.1) is 39.7 Å². The van der Waals surface area contributed by atoms with Gasteiger partial charge in [-0.25, -0.2) is 6.08 Å². The first-order valence-corrected chi connectivity index (χ1v) is 25.6. The van der Waals surface area contributed by atoms with Crippen LogP contribution in [0, 0.1) is 59.0 Å². The largest absolute Gasteiger partial charge is 1.00 e. The summed E-state index contributed by atoms with van der Waals surface area (Å²) in [7, 11) is 0. The van der Waals surface area contributed by atoms with Crippen LogP contribution in [0.4, 0.5) is 0 Å². The van der Waals surface area contributed by atoms with Gasteiger partial charge >= 0.3 is 120 Å². The SMILES string of the molecule is CCC1[C-]=CC(C(C)(C)C)=C1.Cc1cc(C)c(-c2cc3[cH-]c4cc(-c5c(C)cc(C)cc5C)c(C(C)(C)C)cc4c3cc2C(C)(C)C)c(C)c1.Clc1cccc([C](=[Zr+2])c2cccc(Cl)c2)c1.[Cl-].[Cl-]. The van der Waals surface area contributed by atoms with Crippen LogP contribution in [0.3, 0.4) is 0 Å². The van der Waals surface area contributed by atoms with Crippen LogP contribution in [0.15, 0.2) is 121 Å².